The highest BCUT2D eigenvalue weighted by Gasteiger charge is 2.36. The van der Waals surface area contributed by atoms with Crippen LogP contribution >= 0.6 is 0 Å². The van der Waals surface area contributed by atoms with Crippen molar-refractivity contribution in [3.8, 4) is 0 Å². The van der Waals surface area contributed by atoms with Gasteiger partial charge in [0.05, 0.1) is 12.7 Å². The summed E-state index contributed by atoms with van der Waals surface area (Å²) < 4.78 is 7.38. The van der Waals surface area contributed by atoms with Gasteiger partial charge < -0.3 is 19.3 Å². The normalized spacial score (nSPS) is 23.6. The zero-order chi connectivity index (χ0) is 13.1. The van der Waals surface area contributed by atoms with Crippen molar-refractivity contribution in [3.63, 3.8) is 0 Å². The Labute approximate surface area is 107 Å². The predicted octanol–water partition coefficient (Wildman–Crippen LogP) is 0.495. The zero-order valence-corrected chi connectivity index (χ0v) is 10.9. The van der Waals surface area contributed by atoms with Crippen LogP contribution in [0.15, 0.2) is 18.3 Å². The summed E-state index contributed by atoms with van der Waals surface area (Å²) in [6, 6.07) is 3.66. The number of aliphatic hydroxyl groups excluding tert-OH is 1. The van der Waals surface area contributed by atoms with Crippen LogP contribution in [0, 0.1) is 5.92 Å². The molecule has 2 atom stereocenters. The van der Waals surface area contributed by atoms with Crippen LogP contribution in [0.3, 0.4) is 0 Å². The third-order valence-corrected chi connectivity index (χ3v) is 3.45. The van der Waals surface area contributed by atoms with Crippen molar-refractivity contribution >= 4 is 5.91 Å². The van der Waals surface area contributed by atoms with Crippen LogP contribution in [-0.2, 0) is 11.8 Å². The summed E-state index contributed by atoms with van der Waals surface area (Å²) in [6.07, 6.45) is 1.80. The van der Waals surface area contributed by atoms with E-state index in [0.717, 1.165) is 0 Å². The molecule has 1 aliphatic heterocycles. The number of ether oxygens (including phenoxy) is 1. The van der Waals surface area contributed by atoms with Gasteiger partial charge in [0.1, 0.15) is 5.69 Å². The Morgan fingerprint density at radius 2 is 2.33 bits per heavy atom. The summed E-state index contributed by atoms with van der Waals surface area (Å²) in [7, 11) is 1.85. The maximum Gasteiger partial charge on any atom is 0.270 e. The maximum atomic E-state index is 12.3. The quantitative estimate of drug-likeness (QED) is 0.848. The van der Waals surface area contributed by atoms with Crippen molar-refractivity contribution < 1.29 is 14.6 Å². The van der Waals surface area contributed by atoms with E-state index in [2.05, 4.69) is 0 Å². The van der Waals surface area contributed by atoms with Crippen molar-refractivity contribution in [1.29, 1.82) is 0 Å². The first-order valence-corrected chi connectivity index (χ1v) is 6.30. The summed E-state index contributed by atoms with van der Waals surface area (Å²) in [5, 5.41) is 9.32. The van der Waals surface area contributed by atoms with E-state index in [1.807, 2.05) is 36.9 Å². The van der Waals surface area contributed by atoms with Crippen LogP contribution in [-0.4, -0.2) is 52.9 Å². The van der Waals surface area contributed by atoms with Gasteiger partial charge >= 0.3 is 0 Å². The van der Waals surface area contributed by atoms with E-state index < -0.39 is 0 Å². The Morgan fingerprint density at radius 3 is 2.89 bits per heavy atom. The molecule has 1 saturated heterocycles. The molecule has 0 aromatic carbocycles. The minimum atomic E-state index is -0.0516. The average molecular weight is 252 g/mol. The lowest BCUT2D eigenvalue weighted by Gasteiger charge is -2.16. The van der Waals surface area contributed by atoms with Crippen LogP contribution in [0.4, 0.5) is 0 Å². The van der Waals surface area contributed by atoms with E-state index in [0.29, 0.717) is 25.4 Å². The molecule has 0 saturated carbocycles. The number of hydrogen-bond acceptors (Lipinski definition) is 3. The minimum Gasteiger partial charge on any atom is -0.396 e. The summed E-state index contributed by atoms with van der Waals surface area (Å²) in [6.45, 7) is 3.71. The fourth-order valence-corrected chi connectivity index (χ4v) is 2.43. The molecular formula is C13H20N2O3. The fourth-order valence-electron chi connectivity index (χ4n) is 2.43. The van der Waals surface area contributed by atoms with Gasteiger partial charge in [-0.25, -0.2) is 0 Å². The lowest BCUT2D eigenvalue weighted by Crippen LogP contribution is -2.31. The Balaban J connectivity index is 2.07. The number of nitrogens with zero attached hydrogens (tertiary/aromatic N) is 2. The first-order chi connectivity index (χ1) is 8.67. The van der Waals surface area contributed by atoms with Gasteiger partial charge in [0.15, 0.2) is 0 Å². The van der Waals surface area contributed by atoms with Crippen molar-refractivity contribution in [2.24, 2.45) is 13.0 Å². The molecule has 100 valence electrons. The van der Waals surface area contributed by atoms with Gasteiger partial charge in [0.25, 0.3) is 5.91 Å². The van der Waals surface area contributed by atoms with E-state index in [9.17, 15) is 9.90 Å². The van der Waals surface area contributed by atoms with E-state index in [4.69, 9.17) is 4.74 Å². The van der Waals surface area contributed by atoms with Crippen LogP contribution in [0.25, 0.3) is 0 Å². The van der Waals surface area contributed by atoms with Crippen molar-refractivity contribution in [3.05, 3.63) is 24.0 Å². The van der Waals surface area contributed by atoms with Gasteiger partial charge in [-0.05, 0) is 19.1 Å². The molecule has 18 heavy (non-hydrogen) atoms. The third kappa shape index (κ3) is 2.42. The lowest BCUT2D eigenvalue weighted by molar-refractivity contribution is 0.0258. The highest BCUT2D eigenvalue weighted by molar-refractivity contribution is 5.93. The van der Waals surface area contributed by atoms with Gasteiger partial charge in [-0.3, -0.25) is 4.79 Å². The second-order valence-electron chi connectivity index (χ2n) is 4.65. The molecule has 5 nitrogen and oxygen atoms in total. The minimum absolute atomic E-state index is 0.00292. The number of hydrogen-bond donors (Lipinski definition) is 1. The Hall–Kier alpha value is -1.33. The number of carbonyl (C=O) groups is 1. The number of aryl methyl sites for hydroxylation is 1. The summed E-state index contributed by atoms with van der Waals surface area (Å²) in [5.41, 5.74) is 0.670. The van der Waals surface area contributed by atoms with Crippen LogP contribution in [0.1, 0.15) is 17.4 Å². The van der Waals surface area contributed by atoms with Crippen molar-refractivity contribution in [2.75, 3.05) is 26.3 Å². The molecule has 1 N–H and O–H groups in total. The SMILES string of the molecule is CCOC1CN(C(=O)c2cccn2C)CC1CO. The van der Waals surface area contributed by atoms with Crippen molar-refractivity contribution in [1.82, 2.24) is 9.47 Å². The van der Waals surface area contributed by atoms with Crippen LogP contribution in [0.2, 0.25) is 0 Å². The highest BCUT2D eigenvalue weighted by atomic mass is 16.5. The standard InChI is InChI=1S/C13H20N2O3/c1-3-18-12-8-15(7-10(12)9-16)13(17)11-5-4-6-14(11)2/h4-6,10,12,16H,3,7-9H2,1-2H3. The second kappa shape index (κ2) is 5.54. The molecule has 1 amide bonds. The molecule has 1 aromatic heterocycles. The topological polar surface area (TPSA) is 54.7 Å². The number of rotatable bonds is 4. The number of aromatic nitrogens is 1. The smallest absolute Gasteiger partial charge is 0.270 e. The first kappa shape index (κ1) is 13.1. The number of aliphatic hydroxyl groups is 1. The van der Waals surface area contributed by atoms with E-state index in [1.165, 1.54) is 0 Å². The number of carbonyl (C=O) groups excluding carboxylic acids is 1. The molecule has 5 heteroatoms. The number of likely N-dealkylation sites (tertiary alicyclic amines) is 1. The van der Waals surface area contributed by atoms with E-state index in [-0.39, 0.29) is 24.5 Å². The largest absolute Gasteiger partial charge is 0.396 e. The molecule has 2 heterocycles. The van der Waals surface area contributed by atoms with Gasteiger partial charge in [0.2, 0.25) is 0 Å². The Kier molecular flexibility index (Phi) is 4.04. The summed E-state index contributed by atoms with van der Waals surface area (Å²) >= 11 is 0. The van der Waals surface area contributed by atoms with E-state index >= 15 is 0 Å². The monoisotopic (exact) mass is 252 g/mol. The van der Waals surface area contributed by atoms with E-state index in [1.54, 1.807) is 4.90 Å². The van der Waals surface area contributed by atoms with Gasteiger partial charge in [-0.2, -0.15) is 0 Å². The maximum absolute atomic E-state index is 12.3. The third-order valence-electron chi connectivity index (χ3n) is 3.45. The molecule has 0 aliphatic carbocycles. The summed E-state index contributed by atoms with van der Waals surface area (Å²) in [4.78, 5) is 14.1. The van der Waals surface area contributed by atoms with Crippen molar-refractivity contribution in [2.45, 2.75) is 13.0 Å². The van der Waals surface area contributed by atoms with Crippen LogP contribution < -0.4 is 0 Å². The lowest BCUT2D eigenvalue weighted by atomic mass is 10.1. The predicted molar refractivity (Wildman–Crippen MR) is 67.3 cm³/mol. The zero-order valence-electron chi connectivity index (χ0n) is 10.9. The molecule has 0 radical (unpaired) electrons. The highest BCUT2D eigenvalue weighted by Crippen LogP contribution is 2.21. The molecular weight excluding hydrogens is 232 g/mol. The van der Waals surface area contributed by atoms with Gasteiger partial charge in [0, 0.05) is 38.9 Å². The summed E-state index contributed by atoms with van der Waals surface area (Å²) in [5.74, 6) is 0.0253. The van der Waals surface area contributed by atoms with Crippen LogP contribution in [0.5, 0.6) is 0 Å². The molecule has 0 spiro atoms. The van der Waals surface area contributed by atoms with Gasteiger partial charge in [-0.1, -0.05) is 0 Å². The molecule has 1 aromatic rings. The molecule has 2 rings (SSSR count). The van der Waals surface area contributed by atoms with Gasteiger partial charge in [-0.15, -0.1) is 0 Å². The Bertz CT molecular complexity index is 416. The molecule has 1 fully saturated rings. The fraction of sp³-hybridized carbons (Fsp3) is 0.615. The number of amides is 1. The Morgan fingerprint density at radius 1 is 1.56 bits per heavy atom. The molecule has 2 unspecified atom stereocenters. The second-order valence-corrected chi connectivity index (χ2v) is 4.65. The average Bonchev–Trinajstić information content (AvgIpc) is 2.95. The first-order valence-electron chi connectivity index (χ1n) is 6.30. The molecule has 0 bridgehead atoms. The molecule has 1 aliphatic rings.